The van der Waals surface area contributed by atoms with Crippen LogP contribution in [0.25, 0.3) is 0 Å². The molecule has 0 spiro atoms. The molecule has 1 aromatic carbocycles. The Morgan fingerprint density at radius 3 is 2.67 bits per heavy atom. The van der Waals surface area contributed by atoms with Gasteiger partial charge in [-0.15, -0.1) is 0 Å². The van der Waals surface area contributed by atoms with Crippen molar-refractivity contribution >= 4 is 0 Å². The minimum atomic E-state index is 0.434. The molecule has 3 nitrogen and oxygen atoms in total. The molecular formula is C18H28N2O. The zero-order chi connectivity index (χ0) is 14.7. The van der Waals surface area contributed by atoms with Crippen LogP contribution < -0.4 is 10.5 Å². The van der Waals surface area contributed by atoms with Crippen LogP contribution in [0.2, 0.25) is 0 Å². The van der Waals surface area contributed by atoms with Gasteiger partial charge in [0.25, 0.3) is 0 Å². The van der Waals surface area contributed by atoms with E-state index in [1.54, 1.807) is 0 Å². The summed E-state index contributed by atoms with van der Waals surface area (Å²) in [5.41, 5.74) is 7.45. The van der Waals surface area contributed by atoms with Crippen LogP contribution in [-0.2, 0) is 0 Å². The van der Waals surface area contributed by atoms with E-state index in [4.69, 9.17) is 10.5 Å². The predicted molar refractivity (Wildman–Crippen MR) is 86.8 cm³/mol. The first-order chi connectivity index (χ1) is 10.3. The van der Waals surface area contributed by atoms with Gasteiger partial charge in [0, 0.05) is 24.5 Å². The van der Waals surface area contributed by atoms with Crippen LogP contribution in [-0.4, -0.2) is 36.7 Å². The first-order valence-corrected chi connectivity index (χ1v) is 8.49. The number of fused-ring (bicyclic) bond motifs is 1. The molecule has 21 heavy (non-hydrogen) atoms. The molecule has 0 saturated heterocycles. The van der Waals surface area contributed by atoms with Crippen molar-refractivity contribution in [2.75, 3.05) is 19.7 Å². The van der Waals surface area contributed by atoms with Gasteiger partial charge in [0.2, 0.25) is 0 Å². The number of para-hydroxylation sites is 1. The minimum absolute atomic E-state index is 0.434. The highest BCUT2D eigenvalue weighted by Crippen LogP contribution is 2.35. The fourth-order valence-electron chi connectivity index (χ4n) is 3.89. The van der Waals surface area contributed by atoms with Crippen LogP contribution in [0.5, 0.6) is 5.75 Å². The number of hydrogen-bond acceptors (Lipinski definition) is 3. The molecule has 2 aliphatic rings. The average Bonchev–Trinajstić information content (AvgIpc) is 2.54. The largest absolute Gasteiger partial charge is 0.493 e. The number of benzene rings is 1. The zero-order valence-corrected chi connectivity index (χ0v) is 13.1. The van der Waals surface area contributed by atoms with Gasteiger partial charge >= 0.3 is 0 Å². The van der Waals surface area contributed by atoms with Crippen molar-refractivity contribution in [1.29, 1.82) is 0 Å². The molecule has 1 atom stereocenters. The van der Waals surface area contributed by atoms with E-state index in [0.717, 1.165) is 37.9 Å². The highest BCUT2D eigenvalue weighted by molar-refractivity contribution is 5.37. The standard InChI is InChI=1S/C18H28N2O/c1-2-20(16-9-7-15(19)8-10-16)13-14-11-12-21-18-6-4-3-5-17(14)18/h3-6,14-16H,2,7-13,19H2,1H3. The maximum absolute atomic E-state index is 6.05. The normalized spacial score (nSPS) is 29.0. The summed E-state index contributed by atoms with van der Waals surface area (Å²) in [5.74, 6) is 1.71. The first kappa shape index (κ1) is 14.9. The van der Waals surface area contributed by atoms with Crippen molar-refractivity contribution in [2.24, 2.45) is 5.73 Å². The lowest BCUT2D eigenvalue weighted by atomic mass is 9.88. The smallest absolute Gasteiger partial charge is 0.122 e. The maximum Gasteiger partial charge on any atom is 0.122 e. The van der Waals surface area contributed by atoms with E-state index in [-0.39, 0.29) is 0 Å². The summed E-state index contributed by atoms with van der Waals surface area (Å²) in [4.78, 5) is 2.68. The number of ether oxygens (including phenoxy) is 1. The fraction of sp³-hybridized carbons (Fsp3) is 0.667. The molecule has 116 valence electrons. The van der Waals surface area contributed by atoms with Crippen LogP contribution in [0, 0.1) is 0 Å². The first-order valence-electron chi connectivity index (χ1n) is 8.49. The van der Waals surface area contributed by atoms with E-state index in [0.29, 0.717) is 12.0 Å². The Morgan fingerprint density at radius 2 is 1.90 bits per heavy atom. The van der Waals surface area contributed by atoms with Gasteiger partial charge in [0.1, 0.15) is 5.75 Å². The molecule has 0 amide bonds. The molecule has 2 N–H and O–H groups in total. The van der Waals surface area contributed by atoms with Crippen molar-refractivity contribution in [3.05, 3.63) is 29.8 Å². The van der Waals surface area contributed by atoms with Gasteiger partial charge in [0.05, 0.1) is 6.61 Å². The summed E-state index contributed by atoms with van der Waals surface area (Å²) >= 11 is 0. The molecule has 3 rings (SSSR count). The molecule has 0 radical (unpaired) electrons. The van der Waals surface area contributed by atoms with Crippen LogP contribution in [0.1, 0.15) is 50.5 Å². The molecule has 0 aromatic heterocycles. The second kappa shape index (κ2) is 6.80. The van der Waals surface area contributed by atoms with E-state index >= 15 is 0 Å². The summed E-state index contributed by atoms with van der Waals surface area (Å²) in [5, 5.41) is 0. The van der Waals surface area contributed by atoms with E-state index in [1.807, 2.05) is 0 Å². The molecule has 1 heterocycles. The van der Waals surface area contributed by atoms with Gasteiger partial charge in [-0.25, -0.2) is 0 Å². The molecule has 1 aliphatic heterocycles. The number of rotatable bonds is 4. The molecule has 1 unspecified atom stereocenters. The molecule has 1 aromatic rings. The second-order valence-electron chi connectivity index (χ2n) is 6.53. The summed E-state index contributed by atoms with van der Waals surface area (Å²) in [6.45, 7) is 5.45. The summed E-state index contributed by atoms with van der Waals surface area (Å²) in [6, 6.07) is 9.72. The zero-order valence-electron chi connectivity index (χ0n) is 13.1. The summed E-state index contributed by atoms with van der Waals surface area (Å²) < 4.78 is 5.79. The van der Waals surface area contributed by atoms with Gasteiger partial charge in [-0.05, 0) is 50.3 Å². The van der Waals surface area contributed by atoms with Crippen molar-refractivity contribution in [2.45, 2.75) is 57.0 Å². The van der Waals surface area contributed by atoms with Crippen molar-refractivity contribution in [3.63, 3.8) is 0 Å². The highest BCUT2D eigenvalue weighted by Gasteiger charge is 2.28. The Bertz CT molecular complexity index is 454. The fourth-order valence-corrected chi connectivity index (χ4v) is 3.89. The lowest BCUT2D eigenvalue weighted by Gasteiger charge is -2.38. The topological polar surface area (TPSA) is 38.5 Å². The molecule has 1 saturated carbocycles. The maximum atomic E-state index is 6.05. The third-order valence-electron chi connectivity index (χ3n) is 5.20. The molecule has 3 heteroatoms. The summed E-state index contributed by atoms with van der Waals surface area (Å²) in [7, 11) is 0. The van der Waals surface area contributed by atoms with Crippen LogP contribution >= 0.6 is 0 Å². The quantitative estimate of drug-likeness (QED) is 0.925. The predicted octanol–water partition coefficient (Wildman–Crippen LogP) is 3.14. The van der Waals surface area contributed by atoms with Crippen molar-refractivity contribution in [1.82, 2.24) is 4.90 Å². The number of hydrogen-bond donors (Lipinski definition) is 1. The van der Waals surface area contributed by atoms with E-state index < -0.39 is 0 Å². The van der Waals surface area contributed by atoms with Crippen LogP contribution in [0.4, 0.5) is 0 Å². The monoisotopic (exact) mass is 288 g/mol. The van der Waals surface area contributed by atoms with Gasteiger partial charge in [-0.2, -0.15) is 0 Å². The molecule has 1 fully saturated rings. The second-order valence-corrected chi connectivity index (χ2v) is 6.53. The lowest BCUT2D eigenvalue weighted by molar-refractivity contribution is 0.136. The third-order valence-corrected chi connectivity index (χ3v) is 5.20. The van der Waals surface area contributed by atoms with Crippen molar-refractivity contribution < 1.29 is 4.74 Å². The summed E-state index contributed by atoms with van der Waals surface area (Å²) in [6.07, 6.45) is 6.04. The molecule has 0 bridgehead atoms. The SMILES string of the molecule is CCN(CC1CCOc2ccccc21)C1CCC(N)CC1. The Balaban J connectivity index is 1.67. The van der Waals surface area contributed by atoms with Crippen LogP contribution in [0.15, 0.2) is 24.3 Å². The van der Waals surface area contributed by atoms with Crippen LogP contribution in [0.3, 0.4) is 0 Å². The highest BCUT2D eigenvalue weighted by atomic mass is 16.5. The van der Waals surface area contributed by atoms with E-state index in [1.165, 1.54) is 31.2 Å². The van der Waals surface area contributed by atoms with Crippen molar-refractivity contribution in [3.8, 4) is 5.75 Å². The third kappa shape index (κ3) is 3.41. The number of nitrogens with two attached hydrogens (primary N) is 1. The number of likely N-dealkylation sites (N-methyl/N-ethyl adjacent to an activating group) is 1. The van der Waals surface area contributed by atoms with Gasteiger partial charge in [0.15, 0.2) is 0 Å². The lowest BCUT2D eigenvalue weighted by Crippen LogP contribution is -2.43. The Hall–Kier alpha value is -1.06. The van der Waals surface area contributed by atoms with Gasteiger partial charge < -0.3 is 15.4 Å². The van der Waals surface area contributed by atoms with Gasteiger partial charge in [-0.3, -0.25) is 0 Å². The minimum Gasteiger partial charge on any atom is -0.493 e. The Kier molecular flexibility index (Phi) is 4.81. The molecular weight excluding hydrogens is 260 g/mol. The molecule has 1 aliphatic carbocycles. The number of nitrogens with zero attached hydrogens (tertiary/aromatic N) is 1. The van der Waals surface area contributed by atoms with E-state index in [2.05, 4.69) is 36.1 Å². The van der Waals surface area contributed by atoms with Gasteiger partial charge in [-0.1, -0.05) is 25.1 Å². The van der Waals surface area contributed by atoms with E-state index in [9.17, 15) is 0 Å². The Labute approximate surface area is 128 Å². The average molecular weight is 288 g/mol. The Morgan fingerprint density at radius 1 is 1.14 bits per heavy atom.